The maximum Gasteiger partial charge on any atom is 0.215 e. The molecule has 0 N–H and O–H groups in total. The zero-order chi connectivity index (χ0) is 25.7. The van der Waals surface area contributed by atoms with E-state index in [0.29, 0.717) is 49.6 Å². The van der Waals surface area contributed by atoms with Gasteiger partial charge in [-0.05, 0) is 46.8 Å². The molecule has 36 heavy (non-hydrogen) atoms. The van der Waals surface area contributed by atoms with Crippen molar-refractivity contribution in [3.63, 3.8) is 0 Å². The molecule has 2 aromatic carbocycles. The average Bonchev–Trinajstić information content (AvgIpc) is 3.30. The number of rotatable bonds is 9. The molecule has 0 saturated heterocycles. The second-order valence-electron chi connectivity index (χ2n) is 7.53. The topological polar surface area (TPSA) is 121 Å². The van der Waals surface area contributed by atoms with Gasteiger partial charge in [-0.15, -0.1) is 5.10 Å². The smallest absolute Gasteiger partial charge is 0.215 e. The van der Waals surface area contributed by atoms with Crippen LogP contribution < -0.4 is 14.2 Å². The normalized spacial score (nSPS) is 10.7. The minimum Gasteiger partial charge on any atom is -0.493 e. The summed E-state index contributed by atoms with van der Waals surface area (Å²) in [5.41, 5.74) is 3.68. The standard InChI is InChI=1S/C24H23N7O3S2/c1-14-7-6-8-15(9-14)13-35-23-26-20(16-10-18(32-3)21(34-5)19(11-16)33-4)17(12-25)22(27-23)36-24-28-29-30-31(24)2/h6-11H,13H2,1-5H3. The average molecular weight is 522 g/mol. The zero-order valence-corrected chi connectivity index (χ0v) is 22.0. The number of methoxy groups -OCH3 is 3. The third kappa shape index (κ3) is 5.37. The number of aromatic nitrogens is 6. The van der Waals surface area contributed by atoms with Crippen LogP contribution in [0, 0.1) is 18.3 Å². The van der Waals surface area contributed by atoms with Crippen molar-refractivity contribution >= 4 is 23.5 Å². The first kappa shape index (κ1) is 25.3. The van der Waals surface area contributed by atoms with Crippen molar-refractivity contribution in [2.45, 2.75) is 28.0 Å². The van der Waals surface area contributed by atoms with Crippen molar-refractivity contribution in [1.82, 2.24) is 30.2 Å². The lowest BCUT2D eigenvalue weighted by atomic mass is 10.1. The Morgan fingerprint density at radius 3 is 2.36 bits per heavy atom. The number of thioether (sulfide) groups is 1. The second kappa shape index (κ2) is 11.3. The van der Waals surface area contributed by atoms with Crippen molar-refractivity contribution in [3.05, 3.63) is 53.1 Å². The minimum atomic E-state index is 0.289. The van der Waals surface area contributed by atoms with Gasteiger partial charge in [-0.1, -0.05) is 41.6 Å². The Morgan fingerprint density at radius 2 is 1.78 bits per heavy atom. The molecule has 0 atom stereocenters. The third-order valence-electron chi connectivity index (χ3n) is 5.12. The molecule has 0 fully saturated rings. The first-order valence-electron chi connectivity index (χ1n) is 10.7. The fourth-order valence-electron chi connectivity index (χ4n) is 3.43. The van der Waals surface area contributed by atoms with Gasteiger partial charge in [0, 0.05) is 18.4 Å². The SMILES string of the molecule is COc1cc(-c2nc(SCc3cccc(C)c3)nc(Sc3nnnn3C)c2C#N)cc(OC)c1OC. The van der Waals surface area contributed by atoms with Gasteiger partial charge >= 0.3 is 0 Å². The molecule has 2 aromatic heterocycles. The van der Waals surface area contributed by atoms with Crippen LogP contribution in [0.2, 0.25) is 0 Å². The maximum atomic E-state index is 10.1. The quantitative estimate of drug-likeness (QED) is 0.178. The summed E-state index contributed by atoms with van der Waals surface area (Å²) in [4.78, 5) is 9.47. The lowest BCUT2D eigenvalue weighted by Crippen LogP contribution is -2.02. The summed E-state index contributed by atoms with van der Waals surface area (Å²) < 4.78 is 18.0. The predicted molar refractivity (Wildman–Crippen MR) is 135 cm³/mol. The number of tetrazole rings is 1. The molecule has 2 heterocycles. The number of nitrogens with zero attached hydrogens (tertiary/aromatic N) is 7. The maximum absolute atomic E-state index is 10.1. The van der Waals surface area contributed by atoms with Crippen LogP contribution in [0.5, 0.6) is 17.2 Å². The molecule has 184 valence electrons. The summed E-state index contributed by atoms with van der Waals surface area (Å²) in [6, 6.07) is 14.0. The molecule has 0 saturated carbocycles. The lowest BCUT2D eigenvalue weighted by Gasteiger charge is -2.15. The van der Waals surface area contributed by atoms with Crippen molar-refractivity contribution < 1.29 is 14.2 Å². The molecule has 0 aliphatic heterocycles. The lowest BCUT2D eigenvalue weighted by molar-refractivity contribution is 0.324. The van der Waals surface area contributed by atoms with Crippen LogP contribution >= 0.6 is 23.5 Å². The number of ether oxygens (including phenoxy) is 3. The van der Waals surface area contributed by atoms with Crippen molar-refractivity contribution in [1.29, 1.82) is 5.26 Å². The minimum absolute atomic E-state index is 0.289. The number of aryl methyl sites for hydroxylation is 2. The molecule has 0 aliphatic carbocycles. The van der Waals surface area contributed by atoms with Gasteiger partial charge in [-0.3, -0.25) is 0 Å². The molecular weight excluding hydrogens is 498 g/mol. The third-order valence-corrected chi connectivity index (χ3v) is 7.06. The van der Waals surface area contributed by atoms with E-state index in [2.05, 4.69) is 46.7 Å². The Hall–Kier alpha value is -3.82. The van der Waals surface area contributed by atoms with Gasteiger partial charge in [0.25, 0.3) is 0 Å². The molecule has 0 aliphatic rings. The molecule has 0 unspecified atom stereocenters. The Bertz CT molecular complexity index is 1410. The molecule has 10 nitrogen and oxygen atoms in total. The summed E-state index contributed by atoms with van der Waals surface area (Å²) >= 11 is 2.68. The molecule has 0 amide bonds. The fraction of sp³-hybridized carbons (Fsp3) is 0.250. The summed E-state index contributed by atoms with van der Waals surface area (Å²) in [7, 11) is 6.34. The summed E-state index contributed by atoms with van der Waals surface area (Å²) in [5, 5.41) is 23.2. The number of benzene rings is 2. The monoisotopic (exact) mass is 521 g/mol. The van der Waals surface area contributed by atoms with Gasteiger partial charge in [0.1, 0.15) is 16.7 Å². The summed E-state index contributed by atoms with van der Waals surface area (Å²) in [5.74, 6) is 2.02. The Morgan fingerprint density at radius 1 is 1.03 bits per heavy atom. The van der Waals surface area contributed by atoms with Crippen molar-refractivity contribution in [2.24, 2.45) is 7.05 Å². The van der Waals surface area contributed by atoms with Gasteiger partial charge in [-0.2, -0.15) is 5.26 Å². The fourth-order valence-corrected chi connectivity index (χ4v) is 5.07. The largest absolute Gasteiger partial charge is 0.493 e. The van der Waals surface area contributed by atoms with E-state index in [1.807, 2.05) is 6.07 Å². The zero-order valence-electron chi connectivity index (χ0n) is 20.3. The Kier molecular flexibility index (Phi) is 7.92. The van der Waals surface area contributed by atoms with Crippen LogP contribution in [0.3, 0.4) is 0 Å². The van der Waals surface area contributed by atoms with Crippen LogP contribution in [0.1, 0.15) is 16.7 Å². The van der Waals surface area contributed by atoms with E-state index in [-0.39, 0.29) is 5.56 Å². The van der Waals surface area contributed by atoms with Crippen LogP contribution in [0.15, 0.2) is 51.7 Å². The van der Waals surface area contributed by atoms with E-state index < -0.39 is 0 Å². The molecule has 0 radical (unpaired) electrons. The van der Waals surface area contributed by atoms with E-state index in [1.165, 1.54) is 55.1 Å². The highest BCUT2D eigenvalue weighted by atomic mass is 32.2. The van der Waals surface area contributed by atoms with Gasteiger partial charge in [0.15, 0.2) is 16.7 Å². The molecule has 4 aromatic rings. The molecule has 0 bridgehead atoms. The number of hydrogen-bond acceptors (Lipinski definition) is 11. The second-order valence-corrected chi connectivity index (χ2v) is 9.42. The summed E-state index contributed by atoms with van der Waals surface area (Å²) in [6.45, 7) is 2.05. The van der Waals surface area contributed by atoms with E-state index >= 15 is 0 Å². The highest BCUT2D eigenvalue weighted by Gasteiger charge is 2.22. The van der Waals surface area contributed by atoms with Crippen LogP contribution in [-0.4, -0.2) is 51.5 Å². The Labute approximate surface area is 217 Å². The van der Waals surface area contributed by atoms with Crippen LogP contribution in [-0.2, 0) is 12.8 Å². The van der Waals surface area contributed by atoms with Gasteiger partial charge in [0.2, 0.25) is 10.9 Å². The van der Waals surface area contributed by atoms with E-state index in [4.69, 9.17) is 24.2 Å². The number of nitriles is 1. The first-order chi connectivity index (χ1) is 17.5. The summed E-state index contributed by atoms with van der Waals surface area (Å²) in [6.07, 6.45) is 0. The highest BCUT2D eigenvalue weighted by Crippen LogP contribution is 2.43. The van der Waals surface area contributed by atoms with Crippen LogP contribution in [0.25, 0.3) is 11.3 Å². The first-order valence-corrected chi connectivity index (χ1v) is 12.5. The van der Waals surface area contributed by atoms with E-state index in [9.17, 15) is 5.26 Å². The van der Waals surface area contributed by atoms with Gasteiger partial charge in [-0.25, -0.2) is 14.6 Å². The molecular formula is C24H23N7O3S2. The van der Waals surface area contributed by atoms with Gasteiger partial charge in [0.05, 0.1) is 27.0 Å². The van der Waals surface area contributed by atoms with Crippen molar-refractivity contribution in [2.75, 3.05) is 21.3 Å². The molecule has 0 spiro atoms. The Balaban J connectivity index is 1.85. The van der Waals surface area contributed by atoms with E-state index in [1.54, 1.807) is 19.2 Å². The molecule has 12 heteroatoms. The number of hydrogen-bond donors (Lipinski definition) is 0. The van der Waals surface area contributed by atoms with Crippen LogP contribution in [0.4, 0.5) is 0 Å². The van der Waals surface area contributed by atoms with Gasteiger partial charge < -0.3 is 14.2 Å². The predicted octanol–water partition coefficient (Wildman–Crippen LogP) is 4.32. The molecule has 4 rings (SSSR count). The van der Waals surface area contributed by atoms with Crippen molar-refractivity contribution in [3.8, 4) is 34.6 Å². The highest BCUT2D eigenvalue weighted by molar-refractivity contribution is 7.99. The van der Waals surface area contributed by atoms with E-state index in [0.717, 1.165) is 5.56 Å².